The Kier molecular flexibility index (Phi) is 4.06. The second kappa shape index (κ2) is 6.52. The second-order valence-electron chi connectivity index (χ2n) is 6.07. The Hall–Kier alpha value is -2.94. The van der Waals surface area contributed by atoms with E-state index in [0.29, 0.717) is 18.5 Å². The van der Waals surface area contributed by atoms with E-state index in [-0.39, 0.29) is 5.56 Å². The van der Waals surface area contributed by atoms with E-state index in [1.807, 2.05) is 15.4 Å². The van der Waals surface area contributed by atoms with Gasteiger partial charge in [-0.25, -0.2) is 9.78 Å². The summed E-state index contributed by atoms with van der Waals surface area (Å²) in [6.45, 7) is 3.28. The van der Waals surface area contributed by atoms with E-state index < -0.39 is 5.69 Å². The van der Waals surface area contributed by atoms with Crippen LogP contribution in [0, 0.1) is 0 Å². The first-order valence-electron chi connectivity index (χ1n) is 8.30. The molecule has 1 aliphatic heterocycles. The molecular weight excluding hydrogens is 322 g/mol. The minimum atomic E-state index is -0.495. The lowest BCUT2D eigenvalue weighted by Gasteiger charge is -2.06. The summed E-state index contributed by atoms with van der Waals surface area (Å²) in [7, 11) is 0. The molecular formula is C16H19N7O2. The molecule has 0 fully saturated rings. The molecule has 3 aromatic rings. The summed E-state index contributed by atoms with van der Waals surface area (Å²) in [6, 6.07) is 2.06. The predicted molar refractivity (Wildman–Crippen MR) is 91.2 cm³/mol. The Balaban J connectivity index is 1.56. The van der Waals surface area contributed by atoms with Gasteiger partial charge in [0.15, 0.2) is 5.82 Å². The maximum absolute atomic E-state index is 11.8. The maximum atomic E-state index is 11.8. The quantitative estimate of drug-likeness (QED) is 0.611. The summed E-state index contributed by atoms with van der Waals surface area (Å²) < 4.78 is 4.00. The number of aromatic nitrogens is 6. The maximum Gasteiger partial charge on any atom is 0.325 e. The summed E-state index contributed by atoms with van der Waals surface area (Å²) in [6.07, 6.45) is 6.61. The van der Waals surface area contributed by atoms with E-state index in [0.717, 1.165) is 43.3 Å². The zero-order valence-electron chi connectivity index (χ0n) is 13.7. The minimum absolute atomic E-state index is 0.356. The van der Waals surface area contributed by atoms with Crippen LogP contribution in [0.25, 0.3) is 11.5 Å². The molecule has 0 aliphatic carbocycles. The van der Waals surface area contributed by atoms with Crippen molar-refractivity contribution < 1.29 is 0 Å². The van der Waals surface area contributed by atoms with Gasteiger partial charge in [0.1, 0.15) is 5.69 Å². The number of H-pyrrole nitrogens is 2. The van der Waals surface area contributed by atoms with Crippen molar-refractivity contribution in [3.63, 3.8) is 0 Å². The van der Waals surface area contributed by atoms with Gasteiger partial charge < -0.3 is 14.9 Å². The van der Waals surface area contributed by atoms with E-state index in [1.165, 1.54) is 6.20 Å². The molecule has 0 aromatic carbocycles. The number of rotatable bonds is 4. The minimum Gasteiger partial charge on any atom is -0.329 e. The Labute approximate surface area is 142 Å². The fourth-order valence-corrected chi connectivity index (χ4v) is 3.06. The van der Waals surface area contributed by atoms with Gasteiger partial charge in [0, 0.05) is 43.8 Å². The first-order valence-corrected chi connectivity index (χ1v) is 8.30. The lowest BCUT2D eigenvalue weighted by molar-refractivity contribution is 0.587. The van der Waals surface area contributed by atoms with Gasteiger partial charge in [0.25, 0.3) is 5.56 Å². The molecule has 25 heavy (non-hydrogen) atoms. The lowest BCUT2D eigenvalue weighted by Crippen LogP contribution is -2.25. The average Bonchev–Trinajstić information content (AvgIpc) is 3.16. The van der Waals surface area contributed by atoms with Gasteiger partial charge >= 0.3 is 5.69 Å². The van der Waals surface area contributed by atoms with Crippen LogP contribution in [0.5, 0.6) is 0 Å². The highest BCUT2D eigenvalue weighted by molar-refractivity contribution is 5.50. The SMILES string of the molecule is O=c1[nH]cc(CCn2ccnc2-c2cc3n(n2)CCCNC3)c(=O)[nH]1. The monoisotopic (exact) mass is 341 g/mol. The fraction of sp³-hybridized carbons (Fsp3) is 0.375. The van der Waals surface area contributed by atoms with Crippen molar-refractivity contribution >= 4 is 0 Å². The van der Waals surface area contributed by atoms with Crippen LogP contribution in [0.3, 0.4) is 0 Å². The molecule has 3 N–H and O–H groups in total. The van der Waals surface area contributed by atoms with Crippen LogP contribution >= 0.6 is 0 Å². The third kappa shape index (κ3) is 3.18. The zero-order chi connectivity index (χ0) is 17.2. The van der Waals surface area contributed by atoms with Crippen molar-refractivity contribution in [3.8, 4) is 11.5 Å². The largest absolute Gasteiger partial charge is 0.329 e. The molecule has 0 bridgehead atoms. The van der Waals surface area contributed by atoms with Gasteiger partial charge in [-0.15, -0.1) is 0 Å². The summed E-state index contributed by atoms with van der Waals surface area (Å²) >= 11 is 0. The Morgan fingerprint density at radius 1 is 1.28 bits per heavy atom. The average molecular weight is 341 g/mol. The van der Waals surface area contributed by atoms with E-state index in [4.69, 9.17) is 0 Å². The van der Waals surface area contributed by atoms with Crippen molar-refractivity contribution in [3.05, 3.63) is 56.8 Å². The molecule has 9 nitrogen and oxygen atoms in total. The summed E-state index contributed by atoms with van der Waals surface area (Å²) in [5.74, 6) is 0.779. The highest BCUT2D eigenvalue weighted by Crippen LogP contribution is 2.19. The Bertz CT molecular complexity index is 971. The molecule has 0 atom stereocenters. The number of fused-ring (bicyclic) bond motifs is 1. The van der Waals surface area contributed by atoms with Crippen LogP contribution in [-0.4, -0.2) is 35.8 Å². The Morgan fingerprint density at radius 2 is 2.20 bits per heavy atom. The first kappa shape index (κ1) is 15.6. The molecule has 130 valence electrons. The molecule has 0 saturated carbocycles. The second-order valence-corrected chi connectivity index (χ2v) is 6.07. The number of nitrogens with one attached hydrogen (secondary N) is 3. The molecule has 3 aromatic heterocycles. The number of aryl methyl sites for hydroxylation is 3. The molecule has 0 radical (unpaired) electrons. The van der Waals surface area contributed by atoms with E-state index in [9.17, 15) is 9.59 Å². The lowest BCUT2D eigenvalue weighted by atomic mass is 10.2. The third-order valence-corrected chi connectivity index (χ3v) is 4.36. The van der Waals surface area contributed by atoms with Crippen LogP contribution in [0.1, 0.15) is 17.7 Å². The zero-order valence-corrected chi connectivity index (χ0v) is 13.7. The number of imidazole rings is 1. The molecule has 0 unspecified atom stereocenters. The molecule has 0 saturated heterocycles. The van der Waals surface area contributed by atoms with Gasteiger partial charge in [-0.1, -0.05) is 0 Å². The van der Waals surface area contributed by atoms with Gasteiger partial charge in [0.2, 0.25) is 0 Å². The van der Waals surface area contributed by atoms with Crippen molar-refractivity contribution in [1.29, 1.82) is 0 Å². The van der Waals surface area contributed by atoms with Crippen LogP contribution in [0.4, 0.5) is 0 Å². The van der Waals surface area contributed by atoms with Crippen molar-refractivity contribution in [2.75, 3.05) is 6.54 Å². The standard InChI is InChI=1S/C16H19N7O2/c24-15-11(9-19-16(25)20-15)2-6-22-7-4-18-14(22)13-8-12-10-17-3-1-5-23(12)21-13/h4,7-9,17H,1-3,5-6,10H2,(H2,19,20,24,25). The van der Waals surface area contributed by atoms with Crippen LogP contribution in [0.2, 0.25) is 0 Å². The van der Waals surface area contributed by atoms with Crippen molar-refractivity contribution in [1.82, 2.24) is 34.6 Å². The number of hydrogen-bond acceptors (Lipinski definition) is 5. The molecule has 0 amide bonds. The topological polar surface area (TPSA) is 113 Å². The van der Waals surface area contributed by atoms with E-state index in [2.05, 4.69) is 31.4 Å². The summed E-state index contributed by atoms with van der Waals surface area (Å²) in [5, 5.41) is 8.05. The van der Waals surface area contributed by atoms with Crippen LogP contribution < -0.4 is 16.6 Å². The molecule has 4 heterocycles. The molecule has 9 heteroatoms. The van der Waals surface area contributed by atoms with Crippen LogP contribution in [0.15, 0.2) is 34.2 Å². The molecule has 0 spiro atoms. The van der Waals surface area contributed by atoms with Gasteiger partial charge in [-0.05, 0) is 25.5 Å². The normalized spacial score (nSPS) is 14.2. The van der Waals surface area contributed by atoms with E-state index in [1.54, 1.807) is 6.20 Å². The summed E-state index contributed by atoms with van der Waals surface area (Å²) in [4.78, 5) is 32.1. The Morgan fingerprint density at radius 3 is 3.08 bits per heavy atom. The first-order chi connectivity index (χ1) is 12.2. The highest BCUT2D eigenvalue weighted by atomic mass is 16.2. The number of hydrogen-bond donors (Lipinski definition) is 3. The number of nitrogens with zero attached hydrogens (tertiary/aromatic N) is 4. The van der Waals surface area contributed by atoms with Crippen molar-refractivity contribution in [2.24, 2.45) is 0 Å². The van der Waals surface area contributed by atoms with Crippen LogP contribution in [-0.2, 0) is 26.1 Å². The fourth-order valence-electron chi connectivity index (χ4n) is 3.06. The van der Waals surface area contributed by atoms with E-state index >= 15 is 0 Å². The molecule has 1 aliphatic rings. The summed E-state index contributed by atoms with van der Waals surface area (Å²) in [5.41, 5.74) is 1.66. The highest BCUT2D eigenvalue weighted by Gasteiger charge is 2.15. The van der Waals surface area contributed by atoms with Crippen molar-refractivity contribution in [2.45, 2.75) is 32.5 Å². The van der Waals surface area contributed by atoms with Gasteiger partial charge in [-0.3, -0.25) is 14.5 Å². The smallest absolute Gasteiger partial charge is 0.325 e. The van der Waals surface area contributed by atoms with Gasteiger partial charge in [-0.2, -0.15) is 5.10 Å². The predicted octanol–water partition coefficient (Wildman–Crippen LogP) is -0.141. The third-order valence-electron chi connectivity index (χ3n) is 4.36. The number of aromatic amines is 2. The van der Waals surface area contributed by atoms with Gasteiger partial charge in [0.05, 0.1) is 5.69 Å². The molecule has 4 rings (SSSR count).